The zero-order valence-corrected chi connectivity index (χ0v) is 12.9. The number of benzene rings is 1. The highest BCUT2D eigenvalue weighted by Crippen LogP contribution is 2.31. The minimum Gasteiger partial charge on any atom is -0.309 e. The van der Waals surface area contributed by atoms with Gasteiger partial charge in [-0.1, -0.05) is 6.07 Å². The summed E-state index contributed by atoms with van der Waals surface area (Å²) in [5, 5.41) is 4.90. The van der Waals surface area contributed by atoms with Crippen molar-refractivity contribution in [3.63, 3.8) is 0 Å². The number of aryl methyl sites for hydroxylation is 1. The summed E-state index contributed by atoms with van der Waals surface area (Å²) in [6.07, 6.45) is 0. The van der Waals surface area contributed by atoms with E-state index in [0.29, 0.717) is 5.56 Å². The summed E-state index contributed by atoms with van der Waals surface area (Å²) in [4.78, 5) is 0. The van der Waals surface area contributed by atoms with Crippen LogP contribution in [0.1, 0.15) is 22.7 Å². The van der Waals surface area contributed by atoms with E-state index in [-0.39, 0.29) is 5.56 Å². The second kappa shape index (κ2) is 5.63. The second-order valence-electron chi connectivity index (χ2n) is 4.00. The maximum Gasteiger partial charge on any atom is 0.134 e. The highest BCUT2D eigenvalue weighted by atomic mass is 127. The van der Waals surface area contributed by atoms with Crippen molar-refractivity contribution in [3.8, 4) is 0 Å². The monoisotopic (exact) mass is 379 g/mol. The van der Waals surface area contributed by atoms with Gasteiger partial charge in [0.05, 0.1) is 8.93 Å². The van der Waals surface area contributed by atoms with Crippen LogP contribution in [0.3, 0.4) is 0 Å². The minimum absolute atomic E-state index is 0.0895. The van der Waals surface area contributed by atoms with Gasteiger partial charge in [-0.2, -0.15) is 0 Å². The summed E-state index contributed by atoms with van der Waals surface area (Å²) < 4.78 is 29.1. The van der Waals surface area contributed by atoms with Crippen molar-refractivity contribution >= 4 is 33.9 Å². The van der Waals surface area contributed by atoms with Crippen LogP contribution < -0.4 is 5.32 Å². The highest BCUT2D eigenvalue weighted by molar-refractivity contribution is 14.1. The lowest BCUT2D eigenvalue weighted by molar-refractivity contribution is 0.518. The van der Waals surface area contributed by atoms with E-state index in [1.54, 1.807) is 25.3 Å². The largest absolute Gasteiger partial charge is 0.309 e. The van der Waals surface area contributed by atoms with E-state index >= 15 is 0 Å². The molecule has 0 aliphatic carbocycles. The third kappa shape index (κ3) is 2.57. The fourth-order valence-electron chi connectivity index (χ4n) is 1.90. The quantitative estimate of drug-likeness (QED) is 0.787. The van der Waals surface area contributed by atoms with Gasteiger partial charge >= 0.3 is 0 Å². The van der Waals surface area contributed by atoms with Crippen LogP contribution in [0.5, 0.6) is 0 Å². The Hall–Kier alpha value is -0.530. The SMILES string of the molecule is CNC(c1csc(I)c1)c1c(F)ccc(C)c1F. The molecule has 0 radical (unpaired) electrons. The van der Waals surface area contributed by atoms with Crippen LogP contribution in [0, 0.1) is 21.4 Å². The van der Waals surface area contributed by atoms with Gasteiger partial charge < -0.3 is 5.32 Å². The molecule has 18 heavy (non-hydrogen) atoms. The van der Waals surface area contributed by atoms with Crippen molar-refractivity contribution in [1.29, 1.82) is 0 Å². The fraction of sp³-hybridized carbons (Fsp3) is 0.231. The molecule has 1 aromatic carbocycles. The summed E-state index contributed by atoms with van der Waals surface area (Å²) in [6, 6.07) is 4.26. The molecule has 0 spiro atoms. The van der Waals surface area contributed by atoms with Gasteiger partial charge in [0.1, 0.15) is 11.6 Å². The average Bonchev–Trinajstić information content (AvgIpc) is 2.76. The minimum atomic E-state index is -0.515. The zero-order valence-electron chi connectivity index (χ0n) is 9.93. The molecule has 1 N–H and O–H groups in total. The number of nitrogens with one attached hydrogen (secondary N) is 1. The fourth-order valence-corrected chi connectivity index (χ4v) is 3.29. The first-order valence-corrected chi connectivity index (χ1v) is 7.36. The Bertz CT molecular complexity index is 568. The van der Waals surface area contributed by atoms with E-state index in [2.05, 4.69) is 27.9 Å². The molecule has 0 aliphatic heterocycles. The number of rotatable bonds is 3. The average molecular weight is 379 g/mol. The Kier molecular flexibility index (Phi) is 4.34. The molecule has 2 aromatic rings. The Balaban J connectivity index is 2.55. The highest BCUT2D eigenvalue weighted by Gasteiger charge is 2.22. The zero-order chi connectivity index (χ0) is 13.3. The van der Waals surface area contributed by atoms with Gasteiger partial charge in [0.25, 0.3) is 0 Å². The molecule has 5 heteroatoms. The molecule has 96 valence electrons. The Morgan fingerprint density at radius 3 is 2.61 bits per heavy atom. The molecule has 1 nitrogen and oxygen atoms in total. The Morgan fingerprint density at radius 1 is 1.33 bits per heavy atom. The predicted molar refractivity (Wildman–Crippen MR) is 79.0 cm³/mol. The summed E-state index contributed by atoms with van der Waals surface area (Å²) in [5.74, 6) is -0.991. The molecule has 1 aromatic heterocycles. The molecule has 1 heterocycles. The first-order chi connectivity index (χ1) is 8.54. The molecular weight excluding hydrogens is 367 g/mol. The third-order valence-electron chi connectivity index (χ3n) is 2.82. The molecule has 1 atom stereocenters. The summed E-state index contributed by atoms with van der Waals surface area (Å²) in [7, 11) is 1.70. The van der Waals surface area contributed by atoms with Crippen molar-refractivity contribution in [3.05, 3.63) is 54.8 Å². The number of hydrogen-bond acceptors (Lipinski definition) is 2. The molecule has 0 saturated heterocycles. The van der Waals surface area contributed by atoms with Gasteiger partial charge in [-0.3, -0.25) is 0 Å². The maximum absolute atomic E-state index is 14.1. The normalized spacial score (nSPS) is 12.7. The lowest BCUT2D eigenvalue weighted by Crippen LogP contribution is -2.20. The van der Waals surface area contributed by atoms with Crippen LogP contribution in [0.4, 0.5) is 8.78 Å². The van der Waals surface area contributed by atoms with E-state index < -0.39 is 17.7 Å². The molecule has 2 rings (SSSR count). The van der Waals surface area contributed by atoms with E-state index in [1.165, 1.54) is 12.1 Å². The second-order valence-corrected chi connectivity index (χ2v) is 6.80. The van der Waals surface area contributed by atoms with Crippen LogP contribution in [0.25, 0.3) is 0 Å². The molecule has 0 aliphatic rings. The molecular formula is C13H12F2INS. The lowest BCUT2D eigenvalue weighted by Gasteiger charge is -2.18. The lowest BCUT2D eigenvalue weighted by atomic mass is 9.98. The van der Waals surface area contributed by atoms with Crippen LogP contribution in [-0.2, 0) is 0 Å². The van der Waals surface area contributed by atoms with Crippen molar-refractivity contribution in [2.24, 2.45) is 0 Å². The topological polar surface area (TPSA) is 12.0 Å². The Labute approximate surface area is 122 Å². The summed E-state index contributed by atoms with van der Waals surface area (Å²) in [6.45, 7) is 1.64. The molecule has 0 amide bonds. The number of halogens is 3. The summed E-state index contributed by atoms with van der Waals surface area (Å²) in [5.41, 5.74) is 1.43. The van der Waals surface area contributed by atoms with Crippen LogP contribution in [-0.4, -0.2) is 7.05 Å². The first kappa shape index (κ1) is 13.9. The van der Waals surface area contributed by atoms with E-state index in [4.69, 9.17) is 0 Å². The molecule has 1 unspecified atom stereocenters. The number of thiophene rings is 1. The van der Waals surface area contributed by atoms with Crippen molar-refractivity contribution in [1.82, 2.24) is 5.32 Å². The van der Waals surface area contributed by atoms with Crippen LogP contribution >= 0.6 is 33.9 Å². The molecule has 0 fully saturated rings. The van der Waals surface area contributed by atoms with Gasteiger partial charge in [-0.15, -0.1) is 11.3 Å². The standard InChI is InChI=1S/C13H12F2INS/c1-7-3-4-9(14)11(12(7)15)13(17-2)8-5-10(16)18-6-8/h3-6,13,17H,1-2H3. The third-order valence-corrected chi connectivity index (χ3v) is 4.63. The van der Waals surface area contributed by atoms with Crippen LogP contribution in [0.2, 0.25) is 0 Å². The van der Waals surface area contributed by atoms with Crippen molar-refractivity contribution in [2.45, 2.75) is 13.0 Å². The van der Waals surface area contributed by atoms with Crippen molar-refractivity contribution < 1.29 is 8.78 Å². The van der Waals surface area contributed by atoms with Gasteiger partial charge in [0.15, 0.2) is 0 Å². The van der Waals surface area contributed by atoms with Crippen molar-refractivity contribution in [2.75, 3.05) is 7.05 Å². The molecule has 0 bridgehead atoms. The maximum atomic E-state index is 14.1. The van der Waals surface area contributed by atoms with Crippen LogP contribution in [0.15, 0.2) is 23.6 Å². The van der Waals surface area contributed by atoms with Gasteiger partial charge in [-0.05, 0) is 65.2 Å². The summed E-state index contributed by atoms with van der Waals surface area (Å²) >= 11 is 3.76. The Morgan fingerprint density at radius 2 is 2.06 bits per heavy atom. The first-order valence-electron chi connectivity index (χ1n) is 5.40. The predicted octanol–water partition coefficient (Wildman–Crippen LogP) is 4.25. The smallest absolute Gasteiger partial charge is 0.134 e. The van der Waals surface area contributed by atoms with Gasteiger partial charge in [-0.25, -0.2) is 8.78 Å². The number of hydrogen-bond donors (Lipinski definition) is 1. The van der Waals surface area contributed by atoms with E-state index in [0.717, 1.165) is 8.45 Å². The van der Waals surface area contributed by atoms with E-state index in [9.17, 15) is 8.78 Å². The molecule has 0 saturated carbocycles. The van der Waals surface area contributed by atoms with Gasteiger partial charge in [0.2, 0.25) is 0 Å². The van der Waals surface area contributed by atoms with Gasteiger partial charge in [0, 0.05) is 5.56 Å². The van der Waals surface area contributed by atoms with E-state index in [1.807, 2.05) is 11.4 Å².